The summed E-state index contributed by atoms with van der Waals surface area (Å²) in [6.07, 6.45) is 9.32. The Morgan fingerprint density at radius 2 is 2.10 bits per heavy atom. The third kappa shape index (κ3) is 3.71. The Morgan fingerprint density at radius 3 is 2.60 bits per heavy atom. The third-order valence-electron chi connectivity index (χ3n) is 1.96. The topological polar surface area (TPSA) is 0 Å². The molecule has 0 N–H and O–H groups in total. The first-order chi connectivity index (χ1) is 4.79. The number of hydrogen-bond acceptors (Lipinski definition) is 0. The summed E-state index contributed by atoms with van der Waals surface area (Å²) in [6, 6.07) is 0. The molecule has 0 aromatic heterocycles. The molecule has 0 radical (unpaired) electrons. The van der Waals surface area contributed by atoms with Crippen LogP contribution in [0.1, 0.15) is 46.0 Å². The van der Waals surface area contributed by atoms with Gasteiger partial charge in [-0.1, -0.05) is 31.9 Å². The smallest absolute Gasteiger partial charge is 0.0283 e. The molecule has 0 amide bonds. The van der Waals surface area contributed by atoms with E-state index in [0.29, 0.717) is 0 Å². The Hall–Kier alpha value is -0.260. The van der Waals surface area contributed by atoms with Gasteiger partial charge >= 0.3 is 0 Å². The molecule has 58 valence electrons. The van der Waals surface area contributed by atoms with Crippen molar-refractivity contribution in [2.75, 3.05) is 0 Å². The third-order valence-corrected chi connectivity index (χ3v) is 1.96. The summed E-state index contributed by atoms with van der Waals surface area (Å²) in [6.45, 7) is 4.59. The van der Waals surface area contributed by atoms with Crippen LogP contribution in [0.3, 0.4) is 0 Å². The minimum atomic E-state index is 0.887. The second-order valence-electron chi connectivity index (χ2n) is 3.69. The van der Waals surface area contributed by atoms with Crippen LogP contribution in [0.2, 0.25) is 0 Å². The van der Waals surface area contributed by atoms with Crippen LogP contribution in [-0.2, 0) is 0 Å². The predicted molar refractivity (Wildman–Crippen MR) is 46.0 cm³/mol. The molecule has 0 atom stereocenters. The average molecular weight is 138 g/mol. The molecule has 0 bridgehead atoms. The molecular formula is C10H18. The van der Waals surface area contributed by atoms with Crippen molar-refractivity contribution in [2.45, 2.75) is 46.0 Å². The summed E-state index contributed by atoms with van der Waals surface area (Å²) >= 11 is 0. The minimum absolute atomic E-state index is 0.887. The van der Waals surface area contributed by atoms with Gasteiger partial charge in [-0.25, -0.2) is 0 Å². The van der Waals surface area contributed by atoms with Crippen molar-refractivity contribution in [1.29, 1.82) is 0 Å². The molecule has 0 aromatic carbocycles. The summed E-state index contributed by atoms with van der Waals surface area (Å²) in [5, 5.41) is 0. The molecule has 0 spiro atoms. The summed E-state index contributed by atoms with van der Waals surface area (Å²) < 4.78 is 0. The van der Waals surface area contributed by atoms with Crippen molar-refractivity contribution < 1.29 is 0 Å². The highest BCUT2D eigenvalue weighted by atomic mass is 14.1. The fourth-order valence-corrected chi connectivity index (χ4v) is 1.11. The molecule has 1 saturated carbocycles. The van der Waals surface area contributed by atoms with E-state index in [9.17, 15) is 0 Å². The maximum Gasteiger partial charge on any atom is -0.0283 e. The van der Waals surface area contributed by atoms with Gasteiger partial charge < -0.3 is 0 Å². The monoisotopic (exact) mass is 138 g/mol. The lowest BCUT2D eigenvalue weighted by molar-refractivity contribution is 0.559. The van der Waals surface area contributed by atoms with Gasteiger partial charge in [0.05, 0.1) is 0 Å². The minimum Gasteiger partial charge on any atom is -0.0853 e. The molecule has 1 rings (SSSR count). The normalized spacial score (nSPS) is 16.1. The standard InChI is InChI=1S/C10H18/c1-9(2)5-3-4-6-10-7-8-10/h6,9H,3-5,7-8H2,1-2H3. The lowest BCUT2D eigenvalue weighted by Gasteiger charge is -1.99. The van der Waals surface area contributed by atoms with E-state index in [2.05, 4.69) is 19.9 Å². The van der Waals surface area contributed by atoms with Crippen molar-refractivity contribution in [3.05, 3.63) is 11.6 Å². The molecule has 1 aliphatic rings. The number of hydrogen-bond donors (Lipinski definition) is 0. The molecule has 10 heavy (non-hydrogen) atoms. The van der Waals surface area contributed by atoms with E-state index in [0.717, 1.165) is 5.92 Å². The second kappa shape index (κ2) is 3.80. The van der Waals surface area contributed by atoms with Gasteiger partial charge in [0.15, 0.2) is 0 Å². The van der Waals surface area contributed by atoms with Crippen molar-refractivity contribution in [1.82, 2.24) is 0 Å². The van der Waals surface area contributed by atoms with E-state index < -0.39 is 0 Å². The van der Waals surface area contributed by atoms with E-state index in [1.165, 1.54) is 32.1 Å². The number of allylic oxidation sites excluding steroid dienone is 2. The van der Waals surface area contributed by atoms with Crippen LogP contribution in [0.25, 0.3) is 0 Å². The maximum absolute atomic E-state index is 2.43. The van der Waals surface area contributed by atoms with Crippen LogP contribution in [0.15, 0.2) is 11.6 Å². The van der Waals surface area contributed by atoms with Crippen LogP contribution in [-0.4, -0.2) is 0 Å². The highest BCUT2D eigenvalue weighted by Crippen LogP contribution is 2.28. The van der Waals surface area contributed by atoms with Crippen molar-refractivity contribution in [3.63, 3.8) is 0 Å². The Labute approximate surface area is 64.3 Å². The van der Waals surface area contributed by atoms with E-state index >= 15 is 0 Å². The van der Waals surface area contributed by atoms with Gasteiger partial charge in [0.1, 0.15) is 0 Å². The quantitative estimate of drug-likeness (QED) is 0.412. The van der Waals surface area contributed by atoms with Crippen LogP contribution in [0.5, 0.6) is 0 Å². The van der Waals surface area contributed by atoms with Gasteiger partial charge in [0.2, 0.25) is 0 Å². The van der Waals surface area contributed by atoms with Gasteiger partial charge in [-0.2, -0.15) is 0 Å². The zero-order chi connectivity index (χ0) is 7.40. The van der Waals surface area contributed by atoms with Gasteiger partial charge in [0, 0.05) is 0 Å². The van der Waals surface area contributed by atoms with E-state index in [1.54, 1.807) is 5.57 Å². The fourth-order valence-electron chi connectivity index (χ4n) is 1.11. The zero-order valence-electron chi connectivity index (χ0n) is 7.19. The van der Waals surface area contributed by atoms with Crippen molar-refractivity contribution in [2.24, 2.45) is 5.92 Å². The van der Waals surface area contributed by atoms with Crippen LogP contribution in [0.4, 0.5) is 0 Å². The SMILES string of the molecule is CC(C)CCCC=C1CC1. The van der Waals surface area contributed by atoms with Gasteiger partial charge in [-0.3, -0.25) is 0 Å². The van der Waals surface area contributed by atoms with Gasteiger partial charge in [-0.05, 0) is 31.6 Å². The molecule has 0 nitrogen and oxygen atoms in total. The van der Waals surface area contributed by atoms with Gasteiger partial charge in [-0.15, -0.1) is 0 Å². The lowest BCUT2D eigenvalue weighted by Crippen LogP contribution is -1.84. The molecular weight excluding hydrogens is 120 g/mol. The first kappa shape index (κ1) is 7.84. The van der Waals surface area contributed by atoms with Crippen LogP contribution in [0, 0.1) is 5.92 Å². The molecule has 0 heteroatoms. The first-order valence-corrected chi connectivity index (χ1v) is 4.47. The highest BCUT2D eigenvalue weighted by Gasteiger charge is 2.08. The molecule has 0 aliphatic heterocycles. The Morgan fingerprint density at radius 1 is 1.40 bits per heavy atom. The lowest BCUT2D eigenvalue weighted by atomic mass is 10.1. The summed E-state index contributed by atoms with van der Waals surface area (Å²) in [7, 11) is 0. The maximum atomic E-state index is 2.43. The largest absolute Gasteiger partial charge is 0.0853 e. The van der Waals surface area contributed by atoms with E-state index in [1.807, 2.05) is 0 Å². The molecule has 1 aliphatic carbocycles. The molecule has 1 fully saturated rings. The molecule has 0 aromatic rings. The Kier molecular flexibility index (Phi) is 2.98. The van der Waals surface area contributed by atoms with E-state index in [4.69, 9.17) is 0 Å². The van der Waals surface area contributed by atoms with E-state index in [-0.39, 0.29) is 0 Å². The molecule has 0 saturated heterocycles. The van der Waals surface area contributed by atoms with Crippen molar-refractivity contribution in [3.8, 4) is 0 Å². The van der Waals surface area contributed by atoms with Crippen LogP contribution >= 0.6 is 0 Å². The summed E-state index contributed by atoms with van der Waals surface area (Å²) in [5.74, 6) is 0.887. The summed E-state index contributed by atoms with van der Waals surface area (Å²) in [4.78, 5) is 0. The first-order valence-electron chi connectivity index (χ1n) is 4.47. The number of rotatable bonds is 4. The fraction of sp³-hybridized carbons (Fsp3) is 0.800. The zero-order valence-corrected chi connectivity index (χ0v) is 7.19. The number of unbranched alkanes of at least 4 members (excludes halogenated alkanes) is 1. The second-order valence-corrected chi connectivity index (χ2v) is 3.69. The Bertz CT molecular complexity index is 114. The molecule has 0 heterocycles. The van der Waals surface area contributed by atoms with Crippen LogP contribution < -0.4 is 0 Å². The average Bonchev–Trinajstić information content (AvgIpc) is 2.62. The van der Waals surface area contributed by atoms with Gasteiger partial charge in [0.25, 0.3) is 0 Å². The predicted octanol–water partition coefficient (Wildman–Crippen LogP) is 3.53. The highest BCUT2D eigenvalue weighted by molar-refractivity contribution is 5.15. The summed E-state index contributed by atoms with van der Waals surface area (Å²) in [5.41, 5.74) is 1.70. The molecule has 0 unspecified atom stereocenters. The van der Waals surface area contributed by atoms with Crippen molar-refractivity contribution >= 4 is 0 Å². The Balaban J connectivity index is 1.90.